The van der Waals surface area contributed by atoms with Crippen LogP contribution in [0.15, 0.2) is 29.9 Å². The second kappa shape index (κ2) is 7.80. The maximum atomic E-state index is 12.9. The third-order valence-corrected chi connectivity index (χ3v) is 5.34. The number of urea groups is 2. The van der Waals surface area contributed by atoms with Crippen molar-refractivity contribution in [2.24, 2.45) is 7.05 Å². The first-order valence-corrected chi connectivity index (χ1v) is 9.47. The maximum absolute atomic E-state index is 12.9. The molecule has 1 saturated heterocycles. The molecule has 0 bridgehead atoms. The molecule has 10 nitrogen and oxygen atoms in total. The number of hydrogen-bond donors (Lipinski definition) is 3. The van der Waals surface area contributed by atoms with Crippen LogP contribution >= 0.6 is 11.3 Å². The van der Waals surface area contributed by atoms with Crippen molar-refractivity contribution in [1.82, 2.24) is 30.6 Å². The van der Waals surface area contributed by atoms with Crippen LogP contribution in [0.5, 0.6) is 0 Å². The van der Waals surface area contributed by atoms with Crippen molar-refractivity contribution in [3.8, 4) is 0 Å². The van der Waals surface area contributed by atoms with E-state index in [4.69, 9.17) is 0 Å². The molecule has 0 aliphatic carbocycles. The quantitative estimate of drug-likeness (QED) is 0.610. The number of carbonyl (C=O) groups excluding carboxylic acids is 4. The molecule has 11 heteroatoms. The molecule has 0 spiro atoms. The smallest absolute Gasteiger partial charge is 0.325 e. The summed E-state index contributed by atoms with van der Waals surface area (Å²) >= 11 is 1.47. The molecular weight excluding hydrogens is 384 g/mol. The predicted octanol–water partition coefficient (Wildman–Crippen LogP) is 0.665. The molecule has 0 unspecified atom stereocenters. The average molecular weight is 404 g/mol. The highest BCUT2D eigenvalue weighted by Gasteiger charge is 2.52. The molecule has 3 rings (SSSR count). The molecule has 3 N–H and O–H groups in total. The van der Waals surface area contributed by atoms with Crippen LogP contribution in [0.1, 0.15) is 23.8 Å². The van der Waals surface area contributed by atoms with Gasteiger partial charge >= 0.3 is 12.1 Å². The summed E-state index contributed by atoms with van der Waals surface area (Å²) in [7, 11) is 1.70. The Balaban J connectivity index is 1.62. The molecule has 3 heterocycles. The number of hydrogen-bond acceptors (Lipinski definition) is 6. The molecule has 0 aromatic carbocycles. The fourth-order valence-electron chi connectivity index (χ4n) is 2.99. The van der Waals surface area contributed by atoms with Crippen molar-refractivity contribution in [2.75, 3.05) is 6.54 Å². The Labute approximate surface area is 164 Å². The number of aromatic nitrogens is 2. The largest absolute Gasteiger partial charge is 0.333 e. The number of rotatable bonds is 6. The zero-order valence-corrected chi connectivity index (χ0v) is 16.2. The van der Waals surface area contributed by atoms with Crippen LogP contribution in [0.4, 0.5) is 9.59 Å². The molecule has 1 fully saturated rings. The van der Waals surface area contributed by atoms with E-state index in [1.54, 1.807) is 20.2 Å². The first-order valence-electron chi connectivity index (χ1n) is 8.59. The summed E-state index contributed by atoms with van der Waals surface area (Å²) in [6, 6.07) is 2.32. The van der Waals surface area contributed by atoms with Gasteiger partial charge in [-0.15, -0.1) is 11.3 Å². The number of amides is 6. The summed E-state index contributed by atoms with van der Waals surface area (Å²) in [5.74, 6) is -1.31. The van der Waals surface area contributed by atoms with E-state index in [1.165, 1.54) is 22.2 Å². The monoisotopic (exact) mass is 404 g/mol. The van der Waals surface area contributed by atoms with E-state index in [0.717, 1.165) is 9.78 Å². The van der Waals surface area contributed by atoms with Gasteiger partial charge in [0.15, 0.2) is 0 Å². The van der Waals surface area contributed by atoms with Gasteiger partial charge in [0.2, 0.25) is 5.91 Å². The zero-order valence-electron chi connectivity index (χ0n) is 15.4. The summed E-state index contributed by atoms with van der Waals surface area (Å²) in [4.78, 5) is 51.0. The van der Waals surface area contributed by atoms with E-state index in [9.17, 15) is 19.2 Å². The Morgan fingerprint density at radius 2 is 2.14 bits per heavy atom. The topological polar surface area (TPSA) is 125 Å². The maximum Gasteiger partial charge on any atom is 0.325 e. The van der Waals surface area contributed by atoms with Crippen molar-refractivity contribution in [3.05, 3.63) is 40.3 Å². The second-order valence-electron chi connectivity index (χ2n) is 6.29. The van der Waals surface area contributed by atoms with E-state index in [2.05, 4.69) is 21.0 Å². The molecule has 28 heavy (non-hydrogen) atoms. The molecule has 6 amide bonds. The van der Waals surface area contributed by atoms with E-state index in [-0.39, 0.29) is 6.54 Å². The standard InChI is InChI=1S/C17H20N6O4S/c1-3-17(11-7-19-22(2)9-11)14(25)23(16(27)21-17)10-13(24)20-15(26)18-8-12-5-4-6-28-12/h4-7,9H,3,8,10H2,1-2H3,(H,21,27)(H2,18,20,24,26)/t17-/m1/s1. The average Bonchev–Trinajstić information content (AvgIpc) is 3.37. The van der Waals surface area contributed by atoms with Gasteiger partial charge < -0.3 is 10.6 Å². The van der Waals surface area contributed by atoms with E-state index in [0.29, 0.717) is 12.0 Å². The highest BCUT2D eigenvalue weighted by Crippen LogP contribution is 2.31. The predicted molar refractivity (Wildman–Crippen MR) is 100 cm³/mol. The zero-order chi connectivity index (χ0) is 20.3. The van der Waals surface area contributed by atoms with Crippen LogP contribution in [0.3, 0.4) is 0 Å². The van der Waals surface area contributed by atoms with Crippen molar-refractivity contribution in [3.63, 3.8) is 0 Å². The molecule has 1 aliphatic rings. The fourth-order valence-corrected chi connectivity index (χ4v) is 3.63. The summed E-state index contributed by atoms with van der Waals surface area (Å²) < 4.78 is 1.53. The van der Waals surface area contributed by atoms with Gasteiger partial charge in [-0.05, 0) is 17.9 Å². The summed E-state index contributed by atoms with van der Waals surface area (Å²) in [5.41, 5.74) is -0.736. The summed E-state index contributed by atoms with van der Waals surface area (Å²) in [5, 5.41) is 13.2. The van der Waals surface area contributed by atoms with Crippen molar-refractivity contribution < 1.29 is 19.2 Å². The summed E-state index contributed by atoms with van der Waals surface area (Å²) in [6.45, 7) is 1.48. The molecule has 1 aliphatic heterocycles. The molecule has 0 saturated carbocycles. The fraction of sp³-hybridized carbons (Fsp3) is 0.353. The van der Waals surface area contributed by atoms with Crippen LogP contribution in [0.2, 0.25) is 0 Å². The van der Waals surface area contributed by atoms with Gasteiger partial charge in [0.25, 0.3) is 5.91 Å². The Kier molecular flexibility index (Phi) is 5.45. The highest BCUT2D eigenvalue weighted by molar-refractivity contribution is 7.09. The minimum Gasteiger partial charge on any atom is -0.333 e. The lowest BCUT2D eigenvalue weighted by atomic mass is 9.89. The minimum atomic E-state index is -1.27. The third kappa shape index (κ3) is 3.74. The molecule has 1 atom stereocenters. The van der Waals surface area contributed by atoms with Gasteiger partial charge in [0.1, 0.15) is 12.1 Å². The van der Waals surface area contributed by atoms with Crippen LogP contribution in [0, 0.1) is 0 Å². The number of carbonyl (C=O) groups is 4. The van der Waals surface area contributed by atoms with Crippen molar-refractivity contribution in [1.29, 1.82) is 0 Å². The first kappa shape index (κ1) is 19.5. The van der Waals surface area contributed by atoms with Gasteiger partial charge in [-0.2, -0.15) is 5.10 Å². The SMILES string of the molecule is CC[C@]1(c2cnn(C)c2)NC(=O)N(CC(=O)NC(=O)NCc2cccs2)C1=O. The van der Waals surface area contributed by atoms with Crippen molar-refractivity contribution >= 4 is 35.2 Å². The first-order chi connectivity index (χ1) is 13.4. The number of imide groups is 2. The van der Waals surface area contributed by atoms with Gasteiger partial charge in [-0.3, -0.25) is 24.5 Å². The molecule has 2 aromatic rings. The second-order valence-corrected chi connectivity index (χ2v) is 7.33. The van der Waals surface area contributed by atoms with Gasteiger partial charge in [0.05, 0.1) is 12.7 Å². The van der Waals surface area contributed by atoms with Gasteiger partial charge in [0, 0.05) is 23.7 Å². The number of thiophene rings is 1. The highest BCUT2D eigenvalue weighted by atomic mass is 32.1. The van der Waals surface area contributed by atoms with Crippen LogP contribution in [-0.4, -0.2) is 45.1 Å². The van der Waals surface area contributed by atoms with Crippen LogP contribution in [0.25, 0.3) is 0 Å². The lowest BCUT2D eigenvalue weighted by molar-refractivity contribution is -0.135. The van der Waals surface area contributed by atoms with Crippen molar-refractivity contribution in [2.45, 2.75) is 25.4 Å². The van der Waals surface area contributed by atoms with E-state index < -0.39 is 36.0 Å². The van der Waals surface area contributed by atoms with Gasteiger partial charge in [-0.25, -0.2) is 9.59 Å². The van der Waals surface area contributed by atoms with Crippen LogP contribution < -0.4 is 16.0 Å². The third-order valence-electron chi connectivity index (χ3n) is 4.46. The lowest BCUT2D eigenvalue weighted by Gasteiger charge is -2.23. The Morgan fingerprint density at radius 3 is 2.75 bits per heavy atom. The molecular formula is C17H20N6O4S. The summed E-state index contributed by atoms with van der Waals surface area (Å²) in [6.07, 6.45) is 3.44. The van der Waals surface area contributed by atoms with Crippen LogP contribution in [-0.2, 0) is 28.7 Å². The Hall–Kier alpha value is -3.21. The normalized spacial score (nSPS) is 18.9. The number of aryl methyl sites for hydroxylation is 1. The minimum absolute atomic E-state index is 0.278. The molecule has 0 radical (unpaired) electrons. The molecule has 148 valence electrons. The number of nitrogens with zero attached hydrogens (tertiary/aromatic N) is 3. The Morgan fingerprint density at radius 1 is 1.36 bits per heavy atom. The number of nitrogens with one attached hydrogen (secondary N) is 3. The molecule has 2 aromatic heterocycles. The Bertz CT molecular complexity index is 909. The van der Waals surface area contributed by atoms with E-state index in [1.807, 2.05) is 17.5 Å². The lowest BCUT2D eigenvalue weighted by Crippen LogP contribution is -2.47. The van der Waals surface area contributed by atoms with Gasteiger partial charge in [-0.1, -0.05) is 13.0 Å². The van der Waals surface area contributed by atoms with E-state index >= 15 is 0 Å².